The standard InChI is InChI=1S/C58H63N3O8S2.3CH4/c1-5-7-9-11-37-61-55-35-25-47(15-13-43-21-31-51(32-22-43)70(64,65)41-68-4)39-53(55)54-40-48(26-36-56(54)61)16-14-44-23-33-52(34-24-44)71(66,67)57(12-10-8-6-2)69-58(63)60-50-29-19-46(20-30-50)38-45-17-27-49(28-18-45)59-42(3)62;;;/h13-36,39-40,57H,5-12,37-38,41H2,1-4H3,(H,59,62)(H,60,63);3*1H4/b15-13+,16-14+;;;. The third-order valence-electron chi connectivity index (χ3n) is 12.3. The van der Waals surface area contributed by atoms with Crippen molar-refractivity contribution in [1.82, 2.24) is 4.57 Å². The van der Waals surface area contributed by atoms with E-state index in [1.807, 2.05) is 67.6 Å². The number of aryl methyl sites for hydroxylation is 1. The van der Waals surface area contributed by atoms with E-state index in [-0.39, 0.29) is 50.3 Å². The number of nitrogens with zero attached hydrogens (tertiary/aromatic N) is 1. The second kappa shape index (κ2) is 28.0. The van der Waals surface area contributed by atoms with Gasteiger partial charge in [-0.1, -0.05) is 153 Å². The first-order valence-corrected chi connectivity index (χ1v) is 27.5. The van der Waals surface area contributed by atoms with Crippen LogP contribution in [0.15, 0.2) is 143 Å². The molecule has 0 aliphatic rings. The Hall–Kier alpha value is -6.80. The summed E-state index contributed by atoms with van der Waals surface area (Å²) in [7, 11) is -6.19. The number of hydrogen-bond donors (Lipinski definition) is 2. The lowest BCUT2D eigenvalue weighted by Crippen LogP contribution is -2.30. The summed E-state index contributed by atoms with van der Waals surface area (Å²) in [5.74, 6) is -0.498. The van der Waals surface area contributed by atoms with E-state index in [4.69, 9.17) is 9.47 Å². The van der Waals surface area contributed by atoms with Crippen LogP contribution in [0.2, 0.25) is 0 Å². The van der Waals surface area contributed by atoms with Gasteiger partial charge in [0.2, 0.25) is 31.0 Å². The van der Waals surface area contributed by atoms with E-state index in [1.54, 1.807) is 60.7 Å². The molecule has 2 amide bonds. The molecule has 0 fully saturated rings. The Balaban J connectivity index is 0.00000395. The lowest BCUT2D eigenvalue weighted by Gasteiger charge is -2.19. The van der Waals surface area contributed by atoms with Crippen LogP contribution in [0.5, 0.6) is 0 Å². The van der Waals surface area contributed by atoms with E-state index in [1.165, 1.54) is 20.5 Å². The lowest BCUT2D eigenvalue weighted by molar-refractivity contribution is -0.114. The second-order valence-corrected chi connectivity index (χ2v) is 21.9. The molecule has 13 heteroatoms. The van der Waals surface area contributed by atoms with Gasteiger partial charge >= 0.3 is 6.09 Å². The van der Waals surface area contributed by atoms with Crippen molar-refractivity contribution in [2.75, 3.05) is 23.7 Å². The van der Waals surface area contributed by atoms with Gasteiger partial charge in [-0.3, -0.25) is 10.1 Å². The number of benzene rings is 6. The maximum absolute atomic E-state index is 14.1. The number of amides is 2. The van der Waals surface area contributed by atoms with Gasteiger partial charge in [0.05, 0.1) is 9.79 Å². The molecule has 1 atom stereocenters. The van der Waals surface area contributed by atoms with Gasteiger partial charge in [0.1, 0.15) is 0 Å². The highest BCUT2D eigenvalue weighted by Crippen LogP contribution is 2.33. The van der Waals surface area contributed by atoms with Gasteiger partial charge in [0.15, 0.2) is 5.94 Å². The highest BCUT2D eigenvalue weighted by Gasteiger charge is 2.31. The van der Waals surface area contributed by atoms with E-state index in [0.717, 1.165) is 99.5 Å². The monoisotopic (exact) mass is 1040 g/mol. The number of carbonyl (C=O) groups excluding carboxylic acids is 2. The summed E-state index contributed by atoms with van der Waals surface area (Å²) in [6.07, 6.45) is 14.8. The van der Waals surface area contributed by atoms with Crippen LogP contribution in [0.4, 0.5) is 16.2 Å². The third kappa shape index (κ3) is 15.9. The first kappa shape index (κ1) is 59.8. The number of sulfone groups is 2. The molecule has 0 aliphatic heterocycles. The summed E-state index contributed by atoms with van der Waals surface area (Å²) in [6.45, 7) is 6.62. The Morgan fingerprint density at radius 1 is 0.568 bits per heavy atom. The summed E-state index contributed by atoms with van der Waals surface area (Å²) in [5.41, 5.74) is 7.89. The van der Waals surface area contributed by atoms with Gasteiger partial charge in [-0.05, 0) is 132 Å². The molecule has 2 N–H and O–H groups in total. The Kier molecular flexibility index (Phi) is 22.6. The molecule has 1 heterocycles. The molecule has 1 aromatic heterocycles. The van der Waals surface area contributed by atoms with E-state index >= 15 is 0 Å². The Morgan fingerprint density at radius 2 is 1.03 bits per heavy atom. The van der Waals surface area contributed by atoms with E-state index < -0.39 is 31.2 Å². The van der Waals surface area contributed by atoms with Crippen LogP contribution >= 0.6 is 0 Å². The summed E-state index contributed by atoms with van der Waals surface area (Å²) in [4.78, 5) is 24.8. The molecule has 0 radical (unpaired) electrons. The number of methoxy groups -OCH3 is 1. The SMILES string of the molecule is C.C.C.CCCCCCn1c2ccc(/C=C/c3ccc(S(=O)(=O)COC)cc3)cc2c2cc(/C=C/c3ccc(S(=O)(=O)C(CCCCC)OC(=O)Nc4ccc(Cc5ccc(NC(C)=O)cc5)cc4)cc3)ccc21. The summed E-state index contributed by atoms with van der Waals surface area (Å²) >= 11 is 0. The Labute approximate surface area is 440 Å². The largest absolute Gasteiger partial charge is 0.429 e. The molecule has 7 aromatic rings. The van der Waals surface area contributed by atoms with Gasteiger partial charge in [0.25, 0.3) is 0 Å². The zero-order valence-corrected chi connectivity index (χ0v) is 42.5. The summed E-state index contributed by atoms with van der Waals surface area (Å²) in [5, 5.41) is 7.72. The molecule has 1 unspecified atom stereocenters. The van der Waals surface area contributed by atoms with Gasteiger partial charge in [-0.15, -0.1) is 0 Å². The maximum Gasteiger partial charge on any atom is 0.412 e. The average molecular weight is 1040 g/mol. The number of aromatic nitrogens is 1. The van der Waals surface area contributed by atoms with Crippen molar-refractivity contribution in [2.24, 2.45) is 0 Å². The topological polar surface area (TPSA) is 150 Å². The predicted octanol–water partition coefficient (Wildman–Crippen LogP) is 15.5. The van der Waals surface area contributed by atoms with Crippen molar-refractivity contribution in [3.05, 3.63) is 167 Å². The van der Waals surface area contributed by atoms with Crippen LogP contribution in [-0.2, 0) is 46.9 Å². The normalized spacial score (nSPS) is 12.0. The van der Waals surface area contributed by atoms with Gasteiger partial charge in [-0.25, -0.2) is 21.6 Å². The van der Waals surface area contributed by atoms with Crippen LogP contribution in [0.1, 0.15) is 128 Å². The highest BCUT2D eigenvalue weighted by molar-refractivity contribution is 7.92. The third-order valence-corrected chi connectivity index (χ3v) is 15.8. The lowest BCUT2D eigenvalue weighted by atomic mass is 10.0. The summed E-state index contributed by atoms with van der Waals surface area (Å²) < 4.78 is 65.9. The van der Waals surface area contributed by atoms with Crippen molar-refractivity contribution in [3.8, 4) is 0 Å². The number of rotatable bonds is 23. The molecule has 0 saturated heterocycles. The number of anilines is 2. The molecular weight excluding hydrogens is 967 g/mol. The molecule has 0 saturated carbocycles. The fraction of sp³-hybridized carbons (Fsp3) is 0.311. The van der Waals surface area contributed by atoms with Crippen LogP contribution in [0.3, 0.4) is 0 Å². The van der Waals surface area contributed by atoms with Crippen molar-refractivity contribution in [1.29, 1.82) is 0 Å². The van der Waals surface area contributed by atoms with Crippen LogP contribution in [-0.4, -0.2) is 51.9 Å². The number of carbonyl (C=O) groups is 2. The molecule has 11 nitrogen and oxygen atoms in total. The minimum absolute atomic E-state index is 0. The zero-order valence-electron chi connectivity index (χ0n) is 40.9. The van der Waals surface area contributed by atoms with Gasteiger partial charge < -0.3 is 19.4 Å². The first-order chi connectivity index (χ1) is 34.3. The predicted molar refractivity (Wildman–Crippen MR) is 309 cm³/mol. The highest BCUT2D eigenvalue weighted by atomic mass is 32.2. The fourth-order valence-corrected chi connectivity index (χ4v) is 11.1. The van der Waals surface area contributed by atoms with Crippen LogP contribution in [0.25, 0.3) is 46.1 Å². The fourth-order valence-electron chi connectivity index (χ4n) is 8.55. The Bertz CT molecular complexity index is 3220. The minimum atomic E-state index is -4.05. The number of fused-ring (bicyclic) bond motifs is 3. The minimum Gasteiger partial charge on any atom is -0.429 e. The molecule has 0 aliphatic carbocycles. The maximum atomic E-state index is 14.1. The average Bonchev–Trinajstić information content (AvgIpc) is 3.66. The number of hydrogen-bond acceptors (Lipinski definition) is 8. The number of unbranched alkanes of at least 4 members (excludes halogenated alkanes) is 5. The zero-order chi connectivity index (χ0) is 50.4. The van der Waals surface area contributed by atoms with Crippen molar-refractivity contribution in [2.45, 2.75) is 123 Å². The molecular formula is C61H75N3O8S2. The molecule has 6 aromatic carbocycles. The Morgan fingerprint density at radius 3 is 1.51 bits per heavy atom. The van der Waals surface area contributed by atoms with Crippen LogP contribution in [0, 0.1) is 0 Å². The first-order valence-electron chi connectivity index (χ1n) is 24.3. The quantitative estimate of drug-likeness (QED) is 0.0475. The van der Waals surface area contributed by atoms with E-state index in [0.29, 0.717) is 18.5 Å². The van der Waals surface area contributed by atoms with Gasteiger partial charge in [0, 0.05) is 53.8 Å². The number of nitrogens with one attached hydrogen (secondary N) is 2. The molecule has 7 rings (SSSR count). The van der Waals surface area contributed by atoms with Gasteiger partial charge in [-0.2, -0.15) is 0 Å². The molecule has 394 valence electrons. The second-order valence-electron chi connectivity index (χ2n) is 17.8. The van der Waals surface area contributed by atoms with Crippen molar-refractivity contribution >= 4 is 89.2 Å². The summed E-state index contributed by atoms with van der Waals surface area (Å²) in [6, 6.07) is 41.2. The van der Waals surface area contributed by atoms with Crippen molar-refractivity contribution < 1.29 is 35.9 Å². The number of ether oxygens (including phenoxy) is 2. The molecule has 0 bridgehead atoms. The van der Waals surface area contributed by atoms with Crippen LogP contribution < -0.4 is 10.6 Å². The molecule has 74 heavy (non-hydrogen) atoms. The smallest absolute Gasteiger partial charge is 0.412 e. The van der Waals surface area contributed by atoms with E-state index in [2.05, 4.69) is 58.5 Å². The van der Waals surface area contributed by atoms with Crippen molar-refractivity contribution in [3.63, 3.8) is 0 Å². The van der Waals surface area contributed by atoms with E-state index in [9.17, 15) is 26.4 Å². The molecule has 0 spiro atoms.